The maximum Gasteiger partial charge on any atom is 0.255 e. The van der Waals surface area contributed by atoms with Crippen LogP contribution in [0.25, 0.3) is 0 Å². The number of carbonyl (C=O) groups is 3. The second-order valence-electron chi connectivity index (χ2n) is 7.54. The molecule has 2 heterocycles. The molecule has 3 aliphatic rings. The van der Waals surface area contributed by atoms with Crippen LogP contribution in [0.15, 0.2) is 18.2 Å². The fourth-order valence-corrected chi connectivity index (χ4v) is 4.07. The van der Waals surface area contributed by atoms with Crippen molar-refractivity contribution in [3.63, 3.8) is 0 Å². The molecule has 2 aliphatic heterocycles. The minimum atomic E-state index is -0.558. The minimum Gasteiger partial charge on any atom is -0.330 e. The first-order valence-corrected chi connectivity index (χ1v) is 9.25. The van der Waals surface area contributed by atoms with Gasteiger partial charge in [-0.1, -0.05) is 12.1 Å². The molecule has 1 aromatic carbocycles. The molecule has 0 aromatic heterocycles. The third-order valence-electron chi connectivity index (χ3n) is 5.76. The molecule has 1 saturated carbocycles. The standard InChI is InChI=1S/C19H24N4O3/c20-8-12-5-14(6-12)21-9-11-1-2-13-10-23(19(26)15(13)7-11)16-3-4-17(24)22-18(16)25/h1-2,7,12,14,16,21H,3-6,8-10,20H2,(H,22,24,25). The molecule has 0 radical (unpaired) electrons. The Balaban J connectivity index is 1.40. The smallest absolute Gasteiger partial charge is 0.255 e. The van der Waals surface area contributed by atoms with Crippen molar-refractivity contribution in [1.29, 1.82) is 0 Å². The summed E-state index contributed by atoms with van der Waals surface area (Å²) < 4.78 is 0. The summed E-state index contributed by atoms with van der Waals surface area (Å²) in [6.07, 6.45) is 2.90. The van der Waals surface area contributed by atoms with Crippen molar-refractivity contribution in [3.8, 4) is 0 Å². The number of rotatable bonds is 5. The Hall–Kier alpha value is -2.25. The average Bonchev–Trinajstić information content (AvgIpc) is 2.90. The maximum atomic E-state index is 12.8. The molecule has 1 atom stereocenters. The van der Waals surface area contributed by atoms with E-state index in [0.717, 1.165) is 37.1 Å². The molecule has 7 nitrogen and oxygen atoms in total. The second kappa shape index (κ2) is 6.81. The first-order valence-electron chi connectivity index (χ1n) is 9.25. The molecular weight excluding hydrogens is 332 g/mol. The van der Waals surface area contributed by atoms with Crippen molar-refractivity contribution in [1.82, 2.24) is 15.5 Å². The molecule has 26 heavy (non-hydrogen) atoms. The van der Waals surface area contributed by atoms with Crippen molar-refractivity contribution in [2.45, 2.75) is 50.9 Å². The molecule has 0 spiro atoms. The molecule has 1 unspecified atom stereocenters. The summed E-state index contributed by atoms with van der Waals surface area (Å²) in [6, 6.07) is 5.88. The van der Waals surface area contributed by atoms with Crippen molar-refractivity contribution in [3.05, 3.63) is 34.9 Å². The molecule has 3 amide bonds. The Morgan fingerprint density at radius 3 is 2.77 bits per heavy atom. The summed E-state index contributed by atoms with van der Waals surface area (Å²) in [5.41, 5.74) is 8.33. The van der Waals surface area contributed by atoms with Gasteiger partial charge in [-0.2, -0.15) is 0 Å². The van der Waals surface area contributed by atoms with Gasteiger partial charge in [0.1, 0.15) is 6.04 Å². The van der Waals surface area contributed by atoms with E-state index in [9.17, 15) is 14.4 Å². The van der Waals surface area contributed by atoms with E-state index in [2.05, 4.69) is 10.6 Å². The van der Waals surface area contributed by atoms with E-state index in [1.165, 1.54) is 0 Å². The number of amides is 3. The highest BCUT2D eigenvalue weighted by atomic mass is 16.2. The van der Waals surface area contributed by atoms with Crippen LogP contribution >= 0.6 is 0 Å². The topological polar surface area (TPSA) is 105 Å². The summed E-state index contributed by atoms with van der Waals surface area (Å²) in [4.78, 5) is 37.8. The van der Waals surface area contributed by atoms with Crippen molar-refractivity contribution >= 4 is 17.7 Å². The Labute approximate surface area is 152 Å². The summed E-state index contributed by atoms with van der Waals surface area (Å²) in [7, 11) is 0. The molecule has 1 aromatic rings. The third kappa shape index (κ3) is 3.12. The predicted molar refractivity (Wildman–Crippen MR) is 94.9 cm³/mol. The van der Waals surface area contributed by atoms with Gasteiger partial charge in [0, 0.05) is 31.1 Å². The molecule has 2 fully saturated rings. The van der Waals surface area contributed by atoms with Crippen molar-refractivity contribution in [2.75, 3.05) is 6.54 Å². The van der Waals surface area contributed by atoms with Crippen molar-refractivity contribution in [2.24, 2.45) is 11.7 Å². The van der Waals surface area contributed by atoms with Crippen LogP contribution in [0.4, 0.5) is 0 Å². The van der Waals surface area contributed by atoms with Crippen LogP contribution in [0.5, 0.6) is 0 Å². The lowest BCUT2D eigenvalue weighted by Crippen LogP contribution is -2.52. The first-order chi connectivity index (χ1) is 12.5. The monoisotopic (exact) mass is 356 g/mol. The lowest BCUT2D eigenvalue weighted by atomic mass is 9.80. The van der Waals surface area contributed by atoms with Gasteiger partial charge in [0.2, 0.25) is 11.8 Å². The molecule has 4 N–H and O–H groups in total. The minimum absolute atomic E-state index is 0.122. The number of hydrogen-bond acceptors (Lipinski definition) is 5. The number of imide groups is 1. The predicted octanol–water partition coefficient (Wildman–Crippen LogP) is 0.275. The zero-order valence-corrected chi connectivity index (χ0v) is 14.7. The van der Waals surface area contributed by atoms with Gasteiger partial charge in [-0.25, -0.2) is 0 Å². The normalized spacial score (nSPS) is 28.0. The first kappa shape index (κ1) is 17.2. The molecule has 1 saturated heterocycles. The van der Waals surface area contributed by atoms with Crippen LogP contribution in [0.2, 0.25) is 0 Å². The number of nitrogens with zero attached hydrogens (tertiary/aromatic N) is 1. The third-order valence-corrected chi connectivity index (χ3v) is 5.76. The highest BCUT2D eigenvalue weighted by molar-refractivity contribution is 6.05. The fourth-order valence-electron chi connectivity index (χ4n) is 4.07. The highest BCUT2D eigenvalue weighted by Gasteiger charge is 2.39. The summed E-state index contributed by atoms with van der Waals surface area (Å²) >= 11 is 0. The number of nitrogens with two attached hydrogens (primary N) is 1. The summed E-state index contributed by atoms with van der Waals surface area (Å²) in [5.74, 6) is -0.125. The number of hydrogen-bond donors (Lipinski definition) is 3. The quantitative estimate of drug-likeness (QED) is 0.657. The number of nitrogens with one attached hydrogen (secondary N) is 2. The number of fused-ring (bicyclic) bond motifs is 1. The number of carbonyl (C=O) groups excluding carboxylic acids is 3. The molecular formula is C19H24N4O3. The number of benzene rings is 1. The molecule has 4 rings (SSSR count). The van der Waals surface area contributed by atoms with Gasteiger partial charge in [0.05, 0.1) is 0 Å². The summed E-state index contributed by atoms with van der Waals surface area (Å²) in [6.45, 7) is 1.90. The van der Waals surface area contributed by atoms with Gasteiger partial charge in [0.25, 0.3) is 5.91 Å². The van der Waals surface area contributed by atoms with Crippen molar-refractivity contribution < 1.29 is 14.4 Å². The molecule has 138 valence electrons. The fraction of sp³-hybridized carbons (Fsp3) is 0.526. The van der Waals surface area contributed by atoms with Crippen LogP contribution < -0.4 is 16.4 Å². The van der Waals surface area contributed by atoms with Gasteiger partial charge >= 0.3 is 0 Å². The largest absolute Gasteiger partial charge is 0.330 e. The Bertz CT molecular complexity index is 757. The van der Waals surface area contributed by atoms with E-state index in [0.29, 0.717) is 30.5 Å². The van der Waals surface area contributed by atoms with Crippen LogP contribution in [-0.2, 0) is 22.7 Å². The Kier molecular flexibility index (Phi) is 4.50. The summed E-state index contributed by atoms with van der Waals surface area (Å²) in [5, 5.41) is 5.84. The van der Waals surface area contributed by atoms with E-state index < -0.39 is 6.04 Å². The van der Waals surface area contributed by atoms with Gasteiger partial charge in [-0.3, -0.25) is 19.7 Å². The second-order valence-corrected chi connectivity index (χ2v) is 7.54. The highest BCUT2D eigenvalue weighted by Crippen LogP contribution is 2.29. The van der Waals surface area contributed by atoms with Crippen LogP contribution in [-0.4, -0.2) is 41.2 Å². The van der Waals surface area contributed by atoms with Crippen LogP contribution in [0.3, 0.4) is 0 Å². The molecule has 1 aliphatic carbocycles. The SMILES string of the molecule is NCC1CC(NCc2ccc3c(c2)C(=O)N(C2CCC(=O)NC2=O)C3)C1. The maximum absolute atomic E-state index is 12.8. The molecule has 0 bridgehead atoms. The van der Waals surface area contributed by atoms with E-state index in [4.69, 9.17) is 5.73 Å². The average molecular weight is 356 g/mol. The van der Waals surface area contributed by atoms with Gasteiger partial charge in [-0.05, 0) is 48.9 Å². The lowest BCUT2D eigenvalue weighted by molar-refractivity contribution is -0.136. The van der Waals surface area contributed by atoms with Gasteiger partial charge < -0.3 is 16.0 Å². The molecule has 7 heteroatoms. The van der Waals surface area contributed by atoms with Crippen LogP contribution in [0.1, 0.15) is 47.2 Å². The zero-order chi connectivity index (χ0) is 18.3. The van der Waals surface area contributed by atoms with Gasteiger partial charge in [-0.15, -0.1) is 0 Å². The van der Waals surface area contributed by atoms with E-state index in [-0.39, 0.29) is 24.1 Å². The lowest BCUT2D eigenvalue weighted by Gasteiger charge is -2.35. The zero-order valence-electron chi connectivity index (χ0n) is 14.7. The Morgan fingerprint density at radius 2 is 2.04 bits per heavy atom. The Morgan fingerprint density at radius 1 is 1.23 bits per heavy atom. The van der Waals surface area contributed by atoms with E-state index in [1.54, 1.807) is 4.90 Å². The van der Waals surface area contributed by atoms with Gasteiger partial charge in [0.15, 0.2) is 0 Å². The van der Waals surface area contributed by atoms with E-state index >= 15 is 0 Å². The van der Waals surface area contributed by atoms with Crippen LogP contribution in [0, 0.1) is 5.92 Å². The number of piperidine rings is 1. The van der Waals surface area contributed by atoms with E-state index in [1.807, 2.05) is 18.2 Å².